The molecule has 16 heavy (non-hydrogen) atoms. The first kappa shape index (κ1) is 11.7. The molecule has 2 rings (SSSR count). The zero-order valence-corrected chi connectivity index (χ0v) is 10.6. The van der Waals surface area contributed by atoms with E-state index < -0.39 is 0 Å². The third-order valence-corrected chi connectivity index (χ3v) is 4.17. The van der Waals surface area contributed by atoms with E-state index in [2.05, 4.69) is 37.0 Å². The van der Waals surface area contributed by atoms with E-state index in [1.165, 1.54) is 32.4 Å². The predicted octanol–water partition coefficient (Wildman–Crippen LogP) is 2.67. The van der Waals surface area contributed by atoms with Gasteiger partial charge in [0.05, 0.1) is 0 Å². The second kappa shape index (κ2) is 4.62. The van der Waals surface area contributed by atoms with Gasteiger partial charge in [-0.3, -0.25) is 4.90 Å². The Morgan fingerprint density at radius 3 is 2.44 bits per heavy atom. The average molecular weight is 220 g/mol. The molecule has 1 aliphatic heterocycles. The van der Waals surface area contributed by atoms with Crippen LogP contribution < -0.4 is 5.73 Å². The molecule has 0 radical (unpaired) electrons. The van der Waals surface area contributed by atoms with Crippen LogP contribution in [0, 0.1) is 5.92 Å². The molecular weight excluding hydrogens is 196 g/mol. The minimum atomic E-state index is 0.225. The smallest absolute Gasteiger partial charge is 0.0453 e. The normalized spacial score (nSPS) is 31.8. The first-order chi connectivity index (χ1) is 7.65. The molecule has 0 bridgehead atoms. The molecule has 90 valence electrons. The maximum atomic E-state index is 5.84. The number of allylic oxidation sites excluding steroid dienone is 1. The molecule has 1 heterocycles. The summed E-state index contributed by atoms with van der Waals surface area (Å²) in [6, 6.07) is 0. The Kier molecular flexibility index (Phi) is 3.38. The standard InChI is InChI=1S/C14H24N2/c1-12(2)14(8-6-13(15)7-9-14)16-10-4-3-5-11-16/h6-8,12H,3-5,9-11,15H2,1-2H3. The van der Waals surface area contributed by atoms with Gasteiger partial charge < -0.3 is 5.73 Å². The van der Waals surface area contributed by atoms with Crippen molar-refractivity contribution in [3.05, 3.63) is 23.9 Å². The highest BCUT2D eigenvalue weighted by atomic mass is 15.2. The summed E-state index contributed by atoms with van der Waals surface area (Å²) in [6.45, 7) is 7.15. The number of nitrogens with two attached hydrogens (primary N) is 1. The fraction of sp³-hybridized carbons (Fsp3) is 0.714. The maximum absolute atomic E-state index is 5.84. The summed E-state index contributed by atoms with van der Waals surface area (Å²) in [6.07, 6.45) is 11.8. The van der Waals surface area contributed by atoms with Gasteiger partial charge in [0, 0.05) is 11.2 Å². The Hall–Kier alpha value is -0.760. The second-order valence-corrected chi connectivity index (χ2v) is 5.44. The Morgan fingerprint density at radius 1 is 1.25 bits per heavy atom. The summed E-state index contributed by atoms with van der Waals surface area (Å²) in [5.41, 5.74) is 6.99. The Labute approximate surface area is 99.2 Å². The predicted molar refractivity (Wildman–Crippen MR) is 69.0 cm³/mol. The average Bonchev–Trinajstić information content (AvgIpc) is 2.31. The van der Waals surface area contributed by atoms with E-state index in [4.69, 9.17) is 5.73 Å². The van der Waals surface area contributed by atoms with Crippen LogP contribution in [0.4, 0.5) is 0 Å². The molecule has 0 aromatic rings. The van der Waals surface area contributed by atoms with Crippen molar-refractivity contribution in [2.45, 2.75) is 45.1 Å². The molecule has 0 saturated carbocycles. The van der Waals surface area contributed by atoms with Gasteiger partial charge in [-0.15, -0.1) is 0 Å². The highest BCUT2D eigenvalue weighted by Crippen LogP contribution is 2.35. The van der Waals surface area contributed by atoms with Crippen LogP contribution in [0.15, 0.2) is 23.9 Å². The lowest BCUT2D eigenvalue weighted by Crippen LogP contribution is -2.53. The minimum absolute atomic E-state index is 0.225. The van der Waals surface area contributed by atoms with Crippen molar-refractivity contribution in [1.29, 1.82) is 0 Å². The van der Waals surface area contributed by atoms with Gasteiger partial charge in [0.2, 0.25) is 0 Å². The zero-order valence-electron chi connectivity index (χ0n) is 10.6. The van der Waals surface area contributed by atoms with E-state index in [9.17, 15) is 0 Å². The van der Waals surface area contributed by atoms with Crippen LogP contribution in [-0.2, 0) is 0 Å². The van der Waals surface area contributed by atoms with Gasteiger partial charge in [-0.1, -0.05) is 32.4 Å². The van der Waals surface area contributed by atoms with Gasteiger partial charge in [0.15, 0.2) is 0 Å². The molecule has 1 unspecified atom stereocenters. The second-order valence-electron chi connectivity index (χ2n) is 5.44. The number of nitrogens with zero attached hydrogens (tertiary/aromatic N) is 1. The summed E-state index contributed by atoms with van der Waals surface area (Å²) in [5, 5.41) is 0. The SMILES string of the molecule is CC(C)C1(N2CCCCC2)C=CC(N)=CC1. The highest BCUT2D eigenvalue weighted by molar-refractivity contribution is 5.28. The van der Waals surface area contributed by atoms with Crippen molar-refractivity contribution >= 4 is 0 Å². The molecule has 0 spiro atoms. The first-order valence-electron chi connectivity index (χ1n) is 6.55. The van der Waals surface area contributed by atoms with Crippen LogP contribution in [-0.4, -0.2) is 23.5 Å². The van der Waals surface area contributed by atoms with Crippen LogP contribution in [0.3, 0.4) is 0 Å². The quantitative estimate of drug-likeness (QED) is 0.775. The van der Waals surface area contributed by atoms with Crippen LogP contribution in [0.25, 0.3) is 0 Å². The van der Waals surface area contributed by atoms with Crippen molar-refractivity contribution in [2.75, 3.05) is 13.1 Å². The highest BCUT2D eigenvalue weighted by Gasteiger charge is 2.38. The third-order valence-electron chi connectivity index (χ3n) is 4.17. The lowest BCUT2D eigenvalue weighted by atomic mass is 9.78. The Bertz CT molecular complexity index is 298. The van der Waals surface area contributed by atoms with E-state index in [-0.39, 0.29) is 5.54 Å². The lowest BCUT2D eigenvalue weighted by Gasteiger charge is -2.47. The fourth-order valence-electron chi connectivity index (χ4n) is 3.00. The van der Waals surface area contributed by atoms with Gasteiger partial charge in [0.25, 0.3) is 0 Å². The molecule has 2 N–H and O–H groups in total. The van der Waals surface area contributed by atoms with Gasteiger partial charge in [-0.25, -0.2) is 0 Å². The van der Waals surface area contributed by atoms with E-state index in [0.29, 0.717) is 5.92 Å². The molecule has 0 aromatic heterocycles. The molecule has 0 amide bonds. The molecule has 1 saturated heterocycles. The van der Waals surface area contributed by atoms with E-state index in [1.807, 2.05) is 0 Å². The molecule has 2 nitrogen and oxygen atoms in total. The van der Waals surface area contributed by atoms with Crippen LogP contribution in [0.5, 0.6) is 0 Å². The number of likely N-dealkylation sites (tertiary alicyclic amines) is 1. The van der Waals surface area contributed by atoms with Crippen molar-refractivity contribution in [3.8, 4) is 0 Å². The van der Waals surface area contributed by atoms with Crippen LogP contribution >= 0.6 is 0 Å². The monoisotopic (exact) mass is 220 g/mol. The Morgan fingerprint density at radius 2 is 1.94 bits per heavy atom. The van der Waals surface area contributed by atoms with Crippen molar-refractivity contribution < 1.29 is 0 Å². The molecular formula is C14H24N2. The van der Waals surface area contributed by atoms with Gasteiger partial charge >= 0.3 is 0 Å². The summed E-state index contributed by atoms with van der Waals surface area (Å²) in [7, 11) is 0. The molecule has 1 atom stereocenters. The fourth-order valence-corrected chi connectivity index (χ4v) is 3.00. The molecule has 2 aliphatic rings. The molecule has 1 fully saturated rings. The van der Waals surface area contributed by atoms with Gasteiger partial charge in [0.1, 0.15) is 0 Å². The summed E-state index contributed by atoms with van der Waals surface area (Å²) in [5.74, 6) is 0.645. The summed E-state index contributed by atoms with van der Waals surface area (Å²) in [4.78, 5) is 2.67. The van der Waals surface area contributed by atoms with Gasteiger partial charge in [-0.2, -0.15) is 0 Å². The number of hydrogen-bond acceptors (Lipinski definition) is 2. The van der Waals surface area contributed by atoms with Crippen LogP contribution in [0.1, 0.15) is 39.5 Å². The third kappa shape index (κ3) is 2.03. The summed E-state index contributed by atoms with van der Waals surface area (Å²) >= 11 is 0. The van der Waals surface area contributed by atoms with E-state index in [1.54, 1.807) is 0 Å². The van der Waals surface area contributed by atoms with Crippen molar-refractivity contribution in [2.24, 2.45) is 11.7 Å². The maximum Gasteiger partial charge on any atom is 0.0453 e. The van der Waals surface area contributed by atoms with Crippen LogP contribution in [0.2, 0.25) is 0 Å². The van der Waals surface area contributed by atoms with E-state index in [0.717, 1.165) is 12.1 Å². The molecule has 0 aromatic carbocycles. The lowest BCUT2D eigenvalue weighted by molar-refractivity contribution is 0.0671. The molecule has 1 aliphatic carbocycles. The summed E-state index contributed by atoms with van der Waals surface area (Å²) < 4.78 is 0. The molecule has 2 heteroatoms. The number of rotatable bonds is 2. The van der Waals surface area contributed by atoms with Crippen molar-refractivity contribution in [3.63, 3.8) is 0 Å². The topological polar surface area (TPSA) is 29.3 Å². The van der Waals surface area contributed by atoms with Crippen molar-refractivity contribution in [1.82, 2.24) is 4.90 Å². The minimum Gasteiger partial charge on any atom is -0.399 e. The number of hydrogen-bond donors (Lipinski definition) is 1. The first-order valence-corrected chi connectivity index (χ1v) is 6.55. The number of piperidine rings is 1. The van der Waals surface area contributed by atoms with E-state index >= 15 is 0 Å². The zero-order chi connectivity index (χ0) is 11.6. The Balaban J connectivity index is 2.19. The van der Waals surface area contributed by atoms with Gasteiger partial charge in [-0.05, 0) is 44.3 Å². The largest absolute Gasteiger partial charge is 0.399 e.